The number of halogens is 1. The number of rotatable bonds is 3. The molecule has 0 radical (unpaired) electrons. The molecule has 6 nitrogen and oxygen atoms in total. The highest BCUT2D eigenvalue weighted by Gasteiger charge is 2.24. The molecule has 7 heteroatoms. The van der Waals surface area contributed by atoms with E-state index in [1.807, 2.05) is 13.0 Å². The molecule has 0 spiro atoms. The Morgan fingerprint density at radius 3 is 2.74 bits per heavy atom. The van der Waals surface area contributed by atoms with Crippen molar-refractivity contribution in [1.29, 1.82) is 0 Å². The van der Waals surface area contributed by atoms with Gasteiger partial charge in [-0.3, -0.25) is 10.1 Å². The summed E-state index contributed by atoms with van der Waals surface area (Å²) in [5.74, 6) is 0.489. The van der Waals surface area contributed by atoms with Crippen molar-refractivity contribution in [3.05, 3.63) is 45.4 Å². The summed E-state index contributed by atoms with van der Waals surface area (Å²) in [5, 5.41) is 10.9. The van der Waals surface area contributed by atoms with Crippen molar-refractivity contribution >= 4 is 17.3 Å². The van der Waals surface area contributed by atoms with Crippen molar-refractivity contribution in [1.82, 2.24) is 9.97 Å². The molecule has 0 aliphatic rings. The van der Waals surface area contributed by atoms with E-state index in [2.05, 4.69) is 9.97 Å². The maximum atomic E-state index is 11.1. The van der Waals surface area contributed by atoms with Crippen LogP contribution in [0.15, 0.2) is 24.5 Å². The third-order valence-corrected chi connectivity index (χ3v) is 2.85. The summed E-state index contributed by atoms with van der Waals surface area (Å²) in [7, 11) is 1.49. The summed E-state index contributed by atoms with van der Waals surface area (Å²) in [5.41, 5.74) is 1.26. The fourth-order valence-corrected chi connectivity index (χ4v) is 1.93. The average molecular weight is 280 g/mol. The molecule has 2 rings (SSSR count). The van der Waals surface area contributed by atoms with E-state index in [1.54, 1.807) is 12.1 Å². The van der Waals surface area contributed by atoms with Gasteiger partial charge in [-0.2, -0.15) is 0 Å². The number of aryl methyl sites for hydroxylation is 1. The Labute approximate surface area is 114 Å². The minimum absolute atomic E-state index is 0.144. The second-order valence-corrected chi connectivity index (χ2v) is 4.18. The molecule has 1 aromatic carbocycles. The number of benzene rings is 1. The Morgan fingerprint density at radius 2 is 2.11 bits per heavy atom. The lowest BCUT2D eigenvalue weighted by Gasteiger charge is -2.09. The maximum absolute atomic E-state index is 11.1. The van der Waals surface area contributed by atoms with Crippen LogP contribution < -0.4 is 4.74 Å². The summed E-state index contributed by atoms with van der Waals surface area (Å²) in [6.07, 6.45) is 1.19. The van der Waals surface area contributed by atoms with Gasteiger partial charge in [-0.15, -0.1) is 0 Å². The van der Waals surface area contributed by atoms with Crippen LogP contribution in [0.1, 0.15) is 5.56 Å². The van der Waals surface area contributed by atoms with Gasteiger partial charge in [0.1, 0.15) is 12.1 Å². The normalized spacial score (nSPS) is 10.3. The Hall–Kier alpha value is -2.21. The number of hydrogen-bond acceptors (Lipinski definition) is 5. The van der Waals surface area contributed by atoms with Gasteiger partial charge >= 0.3 is 5.69 Å². The molecule has 1 heterocycles. The van der Waals surface area contributed by atoms with Crippen LogP contribution in [-0.4, -0.2) is 22.0 Å². The predicted molar refractivity (Wildman–Crippen MR) is 70.4 cm³/mol. The van der Waals surface area contributed by atoms with Crippen LogP contribution in [0.4, 0.5) is 5.69 Å². The first kappa shape index (κ1) is 13.2. The van der Waals surface area contributed by atoms with E-state index in [0.717, 1.165) is 5.56 Å². The van der Waals surface area contributed by atoms with Gasteiger partial charge in [0, 0.05) is 5.56 Å². The molecule has 0 aliphatic heterocycles. The Balaban J connectivity index is 2.75. The molecule has 98 valence electrons. The van der Waals surface area contributed by atoms with Crippen LogP contribution in [0.2, 0.25) is 5.15 Å². The quantitative estimate of drug-likeness (QED) is 0.490. The highest BCUT2D eigenvalue weighted by Crippen LogP contribution is 2.37. The summed E-state index contributed by atoms with van der Waals surface area (Å²) in [6.45, 7) is 1.87. The molecule has 0 unspecified atom stereocenters. The van der Waals surface area contributed by atoms with E-state index < -0.39 is 4.92 Å². The van der Waals surface area contributed by atoms with Crippen LogP contribution in [-0.2, 0) is 0 Å². The van der Waals surface area contributed by atoms with Crippen LogP contribution in [0, 0.1) is 17.0 Å². The highest BCUT2D eigenvalue weighted by atomic mass is 35.5. The topological polar surface area (TPSA) is 78.2 Å². The molecule has 0 atom stereocenters. The maximum Gasteiger partial charge on any atom is 0.332 e. The van der Waals surface area contributed by atoms with Gasteiger partial charge in [0.25, 0.3) is 0 Å². The fraction of sp³-hybridized carbons (Fsp3) is 0.167. The number of ether oxygens (including phenoxy) is 1. The molecule has 0 amide bonds. The van der Waals surface area contributed by atoms with Crippen LogP contribution in [0.3, 0.4) is 0 Å². The lowest BCUT2D eigenvalue weighted by Crippen LogP contribution is -1.99. The van der Waals surface area contributed by atoms with Crippen LogP contribution >= 0.6 is 11.6 Å². The first-order valence-corrected chi connectivity index (χ1v) is 5.72. The lowest BCUT2D eigenvalue weighted by molar-refractivity contribution is -0.384. The Kier molecular flexibility index (Phi) is 3.62. The molecule has 0 aliphatic carbocycles. The number of nitro groups is 1. The van der Waals surface area contributed by atoms with Gasteiger partial charge in [-0.25, -0.2) is 9.97 Å². The molecular weight excluding hydrogens is 270 g/mol. The summed E-state index contributed by atoms with van der Waals surface area (Å²) >= 11 is 5.78. The predicted octanol–water partition coefficient (Wildman–Crippen LogP) is 3.02. The van der Waals surface area contributed by atoms with E-state index in [9.17, 15) is 10.1 Å². The summed E-state index contributed by atoms with van der Waals surface area (Å²) in [6, 6.07) is 5.33. The van der Waals surface area contributed by atoms with Gasteiger partial charge < -0.3 is 4.74 Å². The van der Waals surface area contributed by atoms with Gasteiger partial charge in [0.15, 0.2) is 5.69 Å². The fourth-order valence-electron chi connectivity index (χ4n) is 1.72. The second kappa shape index (κ2) is 5.19. The van der Waals surface area contributed by atoms with Crippen molar-refractivity contribution in [3.63, 3.8) is 0 Å². The third-order valence-electron chi connectivity index (χ3n) is 2.57. The monoisotopic (exact) mass is 279 g/mol. The van der Waals surface area contributed by atoms with E-state index in [-0.39, 0.29) is 16.5 Å². The summed E-state index contributed by atoms with van der Waals surface area (Å²) < 4.78 is 5.20. The lowest BCUT2D eigenvalue weighted by atomic mass is 10.1. The van der Waals surface area contributed by atoms with Crippen molar-refractivity contribution in [2.45, 2.75) is 6.92 Å². The second-order valence-electron chi connectivity index (χ2n) is 3.82. The Morgan fingerprint density at radius 1 is 1.37 bits per heavy atom. The van der Waals surface area contributed by atoms with E-state index in [1.165, 1.54) is 13.4 Å². The van der Waals surface area contributed by atoms with Gasteiger partial charge in [0.2, 0.25) is 5.15 Å². The van der Waals surface area contributed by atoms with E-state index in [4.69, 9.17) is 16.3 Å². The zero-order valence-electron chi connectivity index (χ0n) is 10.3. The Bertz CT molecular complexity index is 646. The smallest absolute Gasteiger partial charge is 0.332 e. The molecule has 0 N–H and O–H groups in total. The molecule has 0 bridgehead atoms. The minimum atomic E-state index is -0.598. The zero-order chi connectivity index (χ0) is 14.0. The number of aromatic nitrogens is 2. The molecule has 1 aromatic heterocycles. The third kappa shape index (κ3) is 2.48. The SMILES string of the molecule is COc1ccc(C)cc1-c1ncnc(Cl)c1[N+](=O)[O-]. The van der Waals surface area contributed by atoms with Crippen LogP contribution in [0.25, 0.3) is 11.3 Å². The first-order valence-electron chi connectivity index (χ1n) is 5.34. The summed E-state index contributed by atoms with van der Waals surface area (Å²) in [4.78, 5) is 18.1. The zero-order valence-corrected chi connectivity index (χ0v) is 11.0. The van der Waals surface area contributed by atoms with E-state index in [0.29, 0.717) is 11.3 Å². The average Bonchev–Trinajstić information content (AvgIpc) is 2.37. The standard InChI is InChI=1S/C12H10ClN3O3/c1-7-3-4-9(19-2)8(5-7)10-11(16(17)18)12(13)15-6-14-10/h3-6H,1-2H3. The molecule has 0 saturated carbocycles. The number of hydrogen-bond donors (Lipinski definition) is 0. The molecular formula is C12H10ClN3O3. The van der Waals surface area contributed by atoms with Gasteiger partial charge in [0.05, 0.1) is 12.0 Å². The van der Waals surface area contributed by atoms with Crippen molar-refractivity contribution in [2.24, 2.45) is 0 Å². The van der Waals surface area contributed by atoms with Crippen LogP contribution in [0.5, 0.6) is 5.75 Å². The van der Waals surface area contributed by atoms with Crippen molar-refractivity contribution < 1.29 is 9.66 Å². The molecule has 0 saturated heterocycles. The molecule has 19 heavy (non-hydrogen) atoms. The van der Waals surface area contributed by atoms with E-state index >= 15 is 0 Å². The largest absolute Gasteiger partial charge is 0.496 e. The first-order chi connectivity index (χ1) is 9.04. The minimum Gasteiger partial charge on any atom is -0.496 e. The van der Waals surface area contributed by atoms with Crippen molar-refractivity contribution in [3.8, 4) is 17.0 Å². The van der Waals surface area contributed by atoms with Gasteiger partial charge in [-0.1, -0.05) is 23.2 Å². The molecule has 2 aromatic rings. The number of methoxy groups -OCH3 is 1. The van der Waals surface area contributed by atoms with Gasteiger partial charge in [-0.05, 0) is 19.1 Å². The molecule has 0 fully saturated rings. The van der Waals surface area contributed by atoms with Crippen molar-refractivity contribution in [2.75, 3.05) is 7.11 Å². The highest BCUT2D eigenvalue weighted by molar-refractivity contribution is 6.31. The number of nitrogens with zero attached hydrogens (tertiary/aromatic N) is 3.